The van der Waals surface area contributed by atoms with Crippen molar-refractivity contribution < 1.29 is 25.8 Å². The van der Waals surface area contributed by atoms with E-state index in [0.717, 1.165) is 66.9 Å². The van der Waals surface area contributed by atoms with Crippen molar-refractivity contribution in [1.82, 2.24) is 24.5 Å². The summed E-state index contributed by atoms with van der Waals surface area (Å²) in [5, 5.41) is 2.04. The number of benzene rings is 6. The normalized spacial score (nSPS) is 12.5. The summed E-state index contributed by atoms with van der Waals surface area (Å²) in [7, 11) is 2.05. The molecular formula is C52H42N7OPt-3. The topological polar surface area (TPSA) is 72.2 Å². The minimum Gasteiger partial charge on any atom is -0.508 e. The third-order valence-electron chi connectivity index (χ3n) is 11.0. The van der Waals surface area contributed by atoms with Gasteiger partial charge in [0.1, 0.15) is 11.6 Å². The Morgan fingerprint density at radius 3 is 1.95 bits per heavy atom. The molecule has 0 amide bonds. The zero-order valence-electron chi connectivity index (χ0n) is 34.7. The molecule has 0 N–H and O–H groups in total. The first-order chi connectivity index (χ1) is 29.1. The molecule has 304 valence electrons. The second-order valence-electron chi connectivity index (χ2n) is 16.4. The van der Waals surface area contributed by atoms with Gasteiger partial charge < -0.3 is 19.1 Å². The van der Waals surface area contributed by atoms with Gasteiger partial charge in [-0.15, -0.1) is 41.4 Å². The second-order valence-corrected chi connectivity index (χ2v) is 16.4. The van der Waals surface area contributed by atoms with E-state index in [1.165, 1.54) is 5.56 Å². The number of ether oxygens (including phenoxy) is 1. The monoisotopic (exact) mass is 975 g/mol. The number of pyridine rings is 1. The molecule has 6 aromatic carbocycles. The Kier molecular flexibility index (Phi) is 10.3. The maximum Gasteiger partial charge on any atom is 0.162 e. The summed E-state index contributed by atoms with van der Waals surface area (Å²) < 4.78 is 9.13. The fraction of sp³-hybridized carbons (Fsp3) is 0.135. The summed E-state index contributed by atoms with van der Waals surface area (Å²) in [6.07, 6.45) is 1.82. The average molecular weight is 976 g/mol. The SMILES string of the molecule is Cc1ccc(-c2nc(-c3ccc(C)cc3)nc(-c3cc4c5cc(C(C)(C)C)ccc5n(-c5ccccn5)c4[c-]c3Oc3[c-]c(N4[CH-]N(C)c5ccccc54)ccc3)n2)cc1.[Pt]. The van der Waals surface area contributed by atoms with E-state index >= 15 is 0 Å². The molecule has 10 rings (SSSR count). The quantitative estimate of drug-likeness (QED) is 0.147. The predicted octanol–water partition coefficient (Wildman–Crippen LogP) is 12.4. The molecule has 0 atom stereocenters. The van der Waals surface area contributed by atoms with Gasteiger partial charge in [0, 0.05) is 66.8 Å². The van der Waals surface area contributed by atoms with Crippen LogP contribution < -0.4 is 14.5 Å². The first-order valence-corrected chi connectivity index (χ1v) is 20.1. The van der Waals surface area contributed by atoms with Crippen LogP contribution in [-0.2, 0) is 26.5 Å². The number of fused-ring (bicyclic) bond motifs is 4. The molecule has 0 saturated heterocycles. The maximum absolute atomic E-state index is 6.98. The standard InChI is InChI=1S/C52H42N7O.Pt/c1-33-17-21-35(22-18-33)49-54-50(36-23-19-34(2)20-24-36)56-51(55-49)42-30-41-40-28-37(52(3,4)5)25-26-43(40)59(48-16-9-10-27-53-48)46(41)31-47(42)60-39-13-11-12-38(29-39)58-32-57(6)44-14-7-8-15-45(44)58;/h7-28,30,32H,1-6H3;/q-3;. The van der Waals surface area contributed by atoms with E-state index in [0.29, 0.717) is 34.5 Å². The molecule has 9 aromatic rings. The smallest absolute Gasteiger partial charge is 0.162 e. The molecule has 0 unspecified atom stereocenters. The molecule has 0 radical (unpaired) electrons. The number of hydrogen-bond donors (Lipinski definition) is 0. The Balaban J connectivity index is 0.00000476. The summed E-state index contributed by atoms with van der Waals surface area (Å²) in [6.45, 7) is 12.9. The van der Waals surface area contributed by atoms with Gasteiger partial charge in [0.15, 0.2) is 11.6 Å². The van der Waals surface area contributed by atoms with Crippen LogP contribution in [0.2, 0.25) is 0 Å². The first-order valence-electron chi connectivity index (χ1n) is 20.1. The molecule has 1 aliphatic rings. The number of nitrogens with zero attached hydrogens (tertiary/aromatic N) is 7. The van der Waals surface area contributed by atoms with E-state index < -0.39 is 0 Å². The Bertz CT molecular complexity index is 3000. The molecule has 1 aliphatic heterocycles. The van der Waals surface area contributed by atoms with E-state index in [1.54, 1.807) is 0 Å². The summed E-state index contributed by atoms with van der Waals surface area (Å²) >= 11 is 0. The first kappa shape index (κ1) is 39.8. The van der Waals surface area contributed by atoms with E-state index in [4.69, 9.17) is 24.7 Å². The average Bonchev–Trinajstić information content (AvgIpc) is 3.77. The maximum atomic E-state index is 6.98. The van der Waals surface area contributed by atoms with Gasteiger partial charge in [-0.2, -0.15) is 12.7 Å². The van der Waals surface area contributed by atoms with Crippen LogP contribution in [0.15, 0.2) is 140 Å². The summed E-state index contributed by atoms with van der Waals surface area (Å²) in [4.78, 5) is 24.5. The third kappa shape index (κ3) is 7.46. The van der Waals surface area contributed by atoms with Crippen LogP contribution in [0.5, 0.6) is 11.5 Å². The van der Waals surface area contributed by atoms with Crippen LogP contribution in [0.25, 0.3) is 61.8 Å². The van der Waals surface area contributed by atoms with Crippen molar-refractivity contribution in [3.63, 3.8) is 0 Å². The molecule has 0 aliphatic carbocycles. The molecule has 3 aromatic heterocycles. The summed E-state index contributed by atoms with van der Waals surface area (Å²) in [5.41, 5.74) is 10.7. The Labute approximate surface area is 370 Å². The van der Waals surface area contributed by atoms with Crippen molar-refractivity contribution in [3.05, 3.63) is 175 Å². The number of rotatable bonds is 7. The fourth-order valence-electron chi connectivity index (χ4n) is 7.77. The van der Waals surface area contributed by atoms with Gasteiger partial charge in [0.25, 0.3) is 0 Å². The van der Waals surface area contributed by atoms with Gasteiger partial charge in [-0.1, -0.05) is 116 Å². The molecule has 0 spiro atoms. The molecule has 0 bridgehead atoms. The number of anilines is 3. The number of hydrogen-bond acceptors (Lipinski definition) is 7. The van der Waals surface area contributed by atoms with Crippen molar-refractivity contribution in [3.8, 4) is 51.5 Å². The van der Waals surface area contributed by atoms with Gasteiger partial charge >= 0.3 is 0 Å². The van der Waals surface area contributed by atoms with Gasteiger partial charge in [-0.05, 0) is 73.2 Å². The minimum atomic E-state index is -0.0771. The third-order valence-corrected chi connectivity index (χ3v) is 11.0. The van der Waals surface area contributed by atoms with Crippen LogP contribution in [0.4, 0.5) is 17.1 Å². The Morgan fingerprint density at radius 2 is 1.30 bits per heavy atom. The van der Waals surface area contributed by atoms with Crippen LogP contribution >= 0.6 is 0 Å². The number of para-hydroxylation sites is 2. The fourth-order valence-corrected chi connectivity index (χ4v) is 7.77. The Morgan fingerprint density at radius 1 is 0.639 bits per heavy atom. The zero-order chi connectivity index (χ0) is 41.1. The van der Waals surface area contributed by atoms with Crippen molar-refractivity contribution in [2.45, 2.75) is 40.0 Å². The van der Waals surface area contributed by atoms with E-state index in [-0.39, 0.29) is 26.5 Å². The van der Waals surface area contributed by atoms with Gasteiger partial charge in [-0.3, -0.25) is 0 Å². The van der Waals surface area contributed by atoms with Crippen molar-refractivity contribution in [2.24, 2.45) is 0 Å². The molecular weight excluding hydrogens is 934 g/mol. The zero-order valence-corrected chi connectivity index (χ0v) is 37.0. The number of aromatic nitrogens is 5. The van der Waals surface area contributed by atoms with E-state index in [1.807, 2.05) is 61.8 Å². The molecule has 0 fully saturated rings. The van der Waals surface area contributed by atoms with E-state index in [2.05, 4.69) is 153 Å². The van der Waals surface area contributed by atoms with Gasteiger partial charge in [0.05, 0.1) is 0 Å². The van der Waals surface area contributed by atoms with E-state index in [9.17, 15) is 0 Å². The predicted molar refractivity (Wildman–Crippen MR) is 242 cm³/mol. The Hall–Kier alpha value is -6.63. The number of aryl methyl sites for hydroxylation is 2. The van der Waals surface area contributed by atoms with Crippen molar-refractivity contribution >= 4 is 38.9 Å². The van der Waals surface area contributed by atoms with Crippen molar-refractivity contribution in [2.75, 3.05) is 16.8 Å². The minimum absolute atomic E-state index is 0. The van der Waals surface area contributed by atoms with Crippen LogP contribution in [0.3, 0.4) is 0 Å². The van der Waals surface area contributed by atoms with Crippen LogP contribution in [-0.4, -0.2) is 31.6 Å². The summed E-state index contributed by atoms with van der Waals surface area (Å²) in [5.74, 6) is 3.34. The van der Waals surface area contributed by atoms with Gasteiger partial charge in [0.2, 0.25) is 0 Å². The molecule has 61 heavy (non-hydrogen) atoms. The molecule has 8 nitrogen and oxygen atoms in total. The second kappa shape index (κ2) is 15.8. The van der Waals surface area contributed by atoms with Crippen LogP contribution in [0.1, 0.15) is 37.5 Å². The molecule has 0 saturated carbocycles. The molecule has 9 heteroatoms. The summed E-state index contributed by atoms with van der Waals surface area (Å²) in [6, 6.07) is 52.9. The largest absolute Gasteiger partial charge is 0.508 e. The molecule has 4 heterocycles. The van der Waals surface area contributed by atoms with Crippen molar-refractivity contribution in [1.29, 1.82) is 0 Å². The van der Waals surface area contributed by atoms with Crippen LogP contribution in [0, 0.1) is 32.6 Å². The van der Waals surface area contributed by atoms with Gasteiger partial charge in [-0.25, -0.2) is 19.9 Å².